The van der Waals surface area contributed by atoms with Gasteiger partial charge in [-0.1, -0.05) is 0 Å². The first-order valence-corrected chi connectivity index (χ1v) is 8.01. The number of hydrogen-bond acceptors (Lipinski definition) is 5. The smallest absolute Gasteiger partial charge is 0.160 e. The zero-order valence-electron chi connectivity index (χ0n) is 13.0. The van der Waals surface area contributed by atoms with E-state index in [9.17, 15) is 0 Å². The summed E-state index contributed by atoms with van der Waals surface area (Å²) in [5.74, 6) is 0.768. The van der Waals surface area contributed by atoms with Crippen molar-refractivity contribution in [3.63, 3.8) is 0 Å². The maximum absolute atomic E-state index is 5.69. The van der Waals surface area contributed by atoms with E-state index in [2.05, 4.69) is 29.1 Å². The maximum atomic E-state index is 5.69. The van der Waals surface area contributed by atoms with E-state index >= 15 is 0 Å². The molecule has 5 nitrogen and oxygen atoms in total. The summed E-state index contributed by atoms with van der Waals surface area (Å²) in [6, 6.07) is 0.786. The molecule has 1 unspecified atom stereocenters. The summed E-state index contributed by atoms with van der Waals surface area (Å²) in [5, 5.41) is 3.55. The number of aryl methyl sites for hydroxylation is 2. The Bertz CT molecular complexity index is 459. The average Bonchev–Trinajstić information content (AvgIpc) is 3.30. The van der Waals surface area contributed by atoms with Crippen LogP contribution in [0.25, 0.3) is 0 Å². The van der Waals surface area contributed by atoms with E-state index in [4.69, 9.17) is 9.47 Å². The molecule has 1 saturated carbocycles. The van der Waals surface area contributed by atoms with E-state index < -0.39 is 0 Å². The standard InChI is InChI=1S/C16H25N3O2/c1-11-14(4-3-7-17-13-5-6-13)12(2)19-16(18-11)15-10-20-8-9-21-15/h13,15,17H,3-10H2,1-2H3. The Labute approximate surface area is 126 Å². The molecule has 0 aromatic carbocycles. The van der Waals surface area contributed by atoms with Gasteiger partial charge in [0.05, 0.1) is 19.8 Å². The van der Waals surface area contributed by atoms with Crippen LogP contribution in [0, 0.1) is 13.8 Å². The van der Waals surface area contributed by atoms with Crippen molar-refractivity contribution in [1.82, 2.24) is 15.3 Å². The zero-order chi connectivity index (χ0) is 14.7. The second kappa shape index (κ2) is 6.81. The number of rotatable bonds is 6. The first kappa shape index (κ1) is 14.9. The topological polar surface area (TPSA) is 56.3 Å². The van der Waals surface area contributed by atoms with Crippen LogP contribution in [0.1, 0.15) is 48.1 Å². The lowest BCUT2D eigenvalue weighted by Gasteiger charge is -2.23. The van der Waals surface area contributed by atoms with Gasteiger partial charge < -0.3 is 14.8 Å². The number of hydrogen-bond donors (Lipinski definition) is 1. The molecule has 0 radical (unpaired) electrons. The molecule has 2 aliphatic rings. The molecule has 1 aromatic heterocycles. The lowest BCUT2D eigenvalue weighted by Crippen LogP contribution is -2.24. The minimum absolute atomic E-state index is 0.110. The van der Waals surface area contributed by atoms with Crippen LogP contribution in [0.3, 0.4) is 0 Å². The van der Waals surface area contributed by atoms with Crippen LogP contribution in [-0.4, -0.2) is 42.4 Å². The molecule has 0 amide bonds. The van der Waals surface area contributed by atoms with E-state index in [0.717, 1.165) is 42.6 Å². The normalized spacial score (nSPS) is 22.5. The molecular weight excluding hydrogens is 266 g/mol. The third kappa shape index (κ3) is 3.99. The highest BCUT2D eigenvalue weighted by atomic mass is 16.6. The molecule has 1 aliphatic carbocycles. The molecule has 3 rings (SSSR count). The van der Waals surface area contributed by atoms with Crippen molar-refractivity contribution < 1.29 is 9.47 Å². The van der Waals surface area contributed by atoms with Gasteiger partial charge in [0.2, 0.25) is 0 Å². The average molecular weight is 291 g/mol. The maximum Gasteiger partial charge on any atom is 0.160 e. The first-order chi connectivity index (χ1) is 10.2. The van der Waals surface area contributed by atoms with Gasteiger partial charge in [0.15, 0.2) is 5.82 Å². The van der Waals surface area contributed by atoms with Gasteiger partial charge in [0.1, 0.15) is 6.10 Å². The first-order valence-electron chi connectivity index (χ1n) is 8.01. The van der Waals surface area contributed by atoms with Crippen LogP contribution in [0.4, 0.5) is 0 Å². The van der Waals surface area contributed by atoms with E-state index in [1.807, 2.05) is 0 Å². The summed E-state index contributed by atoms with van der Waals surface area (Å²) in [6.07, 6.45) is 4.77. The highest BCUT2D eigenvalue weighted by Gasteiger charge is 2.22. The fraction of sp³-hybridized carbons (Fsp3) is 0.750. The number of ether oxygens (including phenoxy) is 2. The van der Waals surface area contributed by atoms with Gasteiger partial charge in [0.25, 0.3) is 0 Å². The van der Waals surface area contributed by atoms with Crippen LogP contribution < -0.4 is 5.32 Å². The van der Waals surface area contributed by atoms with Gasteiger partial charge in [-0.3, -0.25) is 0 Å². The Morgan fingerprint density at radius 3 is 2.52 bits per heavy atom. The summed E-state index contributed by atoms with van der Waals surface area (Å²) in [5.41, 5.74) is 3.45. The molecule has 1 saturated heterocycles. The number of aromatic nitrogens is 2. The third-order valence-electron chi connectivity index (χ3n) is 4.16. The summed E-state index contributed by atoms with van der Waals surface area (Å²) < 4.78 is 11.1. The summed E-state index contributed by atoms with van der Waals surface area (Å²) in [6.45, 7) is 7.09. The largest absolute Gasteiger partial charge is 0.376 e. The minimum Gasteiger partial charge on any atom is -0.376 e. The van der Waals surface area contributed by atoms with Crippen LogP contribution in [0.15, 0.2) is 0 Å². The lowest BCUT2D eigenvalue weighted by molar-refractivity contribution is -0.0936. The third-order valence-corrected chi connectivity index (χ3v) is 4.16. The van der Waals surface area contributed by atoms with E-state index in [1.165, 1.54) is 18.4 Å². The highest BCUT2D eigenvalue weighted by molar-refractivity contribution is 5.25. The monoisotopic (exact) mass is 291 g/mol. The second-order valence-electron chi connectivity index (χ2n) is 6.00. The Balaban J connectivity index is 1.60. The fourth-order valence-electron chi connectivity index (χ4n) is 2.77. The lowest BCUT2D eigenvalue weighted by atomic mass is 10.1. The van der Waals surface area contributed by atoms with Gasteiger partial charge >= 0.3 is 0 Å². The Kier molecular flexibility index (Phi) is 4.83. The summed E-state index contributed by atoms with van der Waals surface area (Å²) in [7, 11) is 0. The highest BCUT2D eigenvalue weighted by Crippen LogP contribution is 2.21. The van der Waals surface area contributed by atoms with Gasteiger partial charge in [-0.15, -0.1) is 0 Å². The van der Waals surface area contributed by atoms with Crippen LogP contribution >= 0.6 is 0 Å². The Hall–Kier alpha value is -1.04. The summed E-state index contributed by atoms with van der Waals surface area (Å²) >= 11 is 0. The predicted molar refractivity (Wildman–Crippen MR) is 80.4 cm³/mol. The van der Waals surface area contributed by atoms with Crippen LogP contribution in [0.5, 0.6) is 0 Å². The van der Waals surface area contributed by atoms with E-state index in [-0.39, 0.29) is 6.10 Å². The van der Waals surface area contributed by atoms with Gasteiger partial charge in [0, 0.05) is 17.4 Å². The van der Waals surface area contributed by atoms with Crippen molar-refractivity contribution in [3.05, 3.63) is 22.8 Å². The van der Waals surface area contributed by atoms with Gasteiger partial charge in [-0.25, -0.2) is 9.97 Å². The van der Waals surface area contributed by atoms with E-state index in [1.54, 1.807) is 0 Å². The fourth-order valence-corrected chi connectivity index (χ4v) is 2.77. The Morgan fingerprint density at radius 1 is 1.14 bits per heavy atom. The second-order valence-corrected chi connectivity index (χ2v) is 6.00. The van der Waals surface area contributed by atoms with E-state index in [0.29, 0.717) is 19.8 Å². The predicted octanol–water partition coefficient (Wildman–Crippen LogP) is 1.87. The molecule has 116 valence electrons. The molecule has 2 fully saturated rings. The molecule has 0 bridgehead atoms. The van der Waals surface area contributed by atoms with Gasteiger partial charge in [-0.2, -0.15) is 0 Å². The van der Waals surface area contributed by atoms with Crippen LogP contribution in [0.2, 0.25) is 0 Å². The molecule has 0 spiro atoms. The molecule has 21 heavy (non-hydrogen) atoms. The van der Waals surface area contributed by atoms with Crippen molar-refractivity contribution >= 4 is 0 Å². The zero-order valence-corrected chi connectivity index (χ0v) is 13.0. The quantitative estimate of drug-likeness (QED) is 0.811. The number of nitrogens with zero attached hydrogens (tertiary/aromatic N) is 2. The molecule has 1 atom stereocenters. The van der Waals surface area contributed by atoms with Crippen molar-refractivity contribution in [3.8, 4) is 0 Å². The molecular formula is C16H25N3O2. The van der Waals surface area contributed by atoms with Gasteiger partial charge in [-0.05, 0) is 51.6 Å². The minimum atomic E-state index is -0.110. The molecule has 1 aliphatic heterocycles. The van der Waals surface area contributed by atoms with Crippen molar-refractivity contribution in [2.45, 2.75) is 51.7 Å². The molecule has 5 heteroatoms. The molecule has 1 aromatic rings. The molecule has 2 heterocycles. The summed E-state index contributed by atoms with van der Waals surface area (Å²) in [4.78, 5) is 9.29. The van der Waals surface area contributed by atoms with Crippen LogP contribution in [-0.2, 0) is 15.9 Å². The van der Waals surface area contributed by atoms with Crippen molar-refractivity contribution in [2.75, 3.05) is 26.4 Å². The number of nitrogens with one attached hydrogen (secondary N) is 1. The Morgan fingerprint density at radius 2 is 1.90 bits per heavy atom. The van der Waals surface area contributed by atoms with Crippen molar-refractivity contribution in [2.24, 2.45) is 0 Å². The molecule has 1 N–H and O–H groups in total. The van der Waals surface area contributed by atoms with Crippen molar-refractivity contribution in [1.29, 1.82) is 0 Å². The SMILES string of the molecule is Cc1nc(C2COCCO2)nc(C)c1CCCNC1CC1.